The number of carbonyl (C=O) groups excluding carboxylic acids is 1. The number of nitrogens with one attached hydrogen (secondary N) is 1. The highest BCUT2D eigenvalue weighted by molar-refractivity contribution is 5.73. The lowest BCUT2D eigenvalue weighted by Gasteiger charge is -2.35. The van der Waals surface area contributed by atoms with Crippen molar-refractivity contribution >= 4 is 5.91 Å². The molecule has 1 unspecified atom stereocenters. The number of amides is 1. The Kier molecular flexibility index (Phi) is 4.37. The molecule has 98 valence electrons. The van der Waals surface area contributed by atoms with E-state index < -0.39 is 0 Å². The van der Waals surface area contributed by atoms with Gasteiger partial charge in [0.05, 0.1) is 0 Å². The van der Waals surface area contributed by atoms with Crippen LogP contribution in [0.25, 0.3) is 0 Å². The van der Waals surface area contributed by atoms with Gasteiger partial charge in [-0.3, -0.25) is 4.79 Å². The number of rotatable bonds is 3. The zero-order valence-corrected chi connectivity index (χ0v) is 11.3. The van der Waals surface area contributed by atoms with E-state index in [-0.39, 0.29) is 5.91 Å². The molecule has 1 atom stereocenters. The number of benzene rings is 1. The van der Waals surface area contributed by atoms with Gasteiger partial charge in [-0.05, 0) is 25.3 Å². The molecule has 1 aliphatic heterocycles. The van der Waals surface area contributed by atoms with Crippen LogP contribution in [0.2, 0.25) is 0 Å². The van der Waals surface area contributed by atoms with Gasteiger partial charge in [0, 0.05) is 32.6 Å². The summed E-state index contributed by atoms with van der Waals surface area (Å²) in [5.41, 5.74) is 2.67. The smallest absolute Gasteiger partial charge is 0.219 e. The van der Waals surface area contributed by atoms with Gasteiger partial charge in [-0.15, -0.1) is 0 Å². The minimum Gasteiger partial charge on any atom is -0.337 e. The molecule has 1 aromatic carbocycles. The van der Waals surface area contributed by atoms with Crippen molar-refractivity contribution in [1.82, 2.24) is 10.2 Å². The summed E-state index contributed by atoms with van der Waals surface area (Å²) in [5.74, 6) is 0.200. The number of carbonyl (C=O) groups is 1. The molecule has 1 heterocycles. The quantitative estimate of drug-likeness (QED) is 0.881. The first-order valence-corrected chi connectivity index (χ1v) is 6.70. The van der Waals surface area contributed by atoms with Gasteiger partial charge in [0.2, 0.25) is 5.91 Å². The second-order valence-electron chi connectivity index (χ2n) is 5.10. The lowest BCUT2D eigenvalue weighted by atomic mass is 10.0. The molecular formula is C15H22N2O. The van der Waals surface area contributed by atoms with E-state index in [1.165, 1.54) is 11.1 Å². The van der Waals surface area contributed by atoms with Crippen LogP contribution in [0.3, 0.4) is 0 Å². The number of piperazine rings is 1. The van der Waals surface area contributed by atoms with Crippen molar-refractivity contribution in [1.29, 1.82) is 0 Å². The molecular weight excluding hydrogens is 224 g/mol. The molecule has 1 amide bonds. The van der Waals surface area contributed by atoms with E-state index in [4.69, 9.17) is 0 Å². The third-order valence-electron chi connectivity index (χ3n) is 3.60. The Hall–Kier alpha value is -1.35. The van der Waals surface area contributed by atoms with E-state index in [0.29, 0.717) is 6.04 Å². The summed E-state index contributed by atoms with van der Waals surface area (Å²) >= 11 is 0. The van der Waals surface area contributed by atoms with Gasteiger partial charge < -0.3 is 10.2 Å². The van der Waals surface area contributed by atoms with E-state index in [9.17, 15) is 4.79 Å². The molecule has 1 aromatic rings. The minimum atomic E-state index is 0.200. The third kappa shape index (κ3) is 3.33. The number of hydrogen-bond donors (Lipinski definition) is 1. The second-order valence-corrected chi connectivity index (χ2v) is 5.10. The highest BCUT2D eigenvalue weighted by atomic mass is 16.2. The summed E-state index contributed by atoms with van der Waals surface area (Å²) in [7, 11) is 0. The molecule has 0 aliphatic carbocycles. The normalized spacial score (nSPS) is 19.9. The van der Waals surface area contributed by atoms with Crippen molar-refractivity contribution < 1.29 is 4.79 Å². The molecule has 0 bridgehead atoms. The Bertz CT molecular complexity index is 417. The molecule has 1 N–H and O–H groups in total. The van der Waals surface area contributed by atoms with Crippen LogP contribution in [0.1, 0.15) is 24.5 Å². The summed E-state index contributed by atoms with van der Waals surface area (Å²) < 4.78 is 0. The van der Waals surface area contributed by atoms with Gasteiger partial charge in [0.15, 0.2) is 0 Å². The lowest BCUT2D eigenvalue weighted by molar-refractivity contribution is -0.132. The lowest BCUT2D eigenvalue weighted by Crippen LogP contribution is -2.53. The average Bonchev–Trinajstić information content (AvgIpc) is 2.37. The Morgan fingerprint density at radius 3 is 3.06 bits per heavy atom. The third-order valence-corrected chi connectivity index (χ3v) is 3.60. The zero-order valence-electron chi connectivity index (χ0n) is 11.3. The highest BCUT2D eigenvalue weighted by Crippen LogP contribution is 2.13. The first kappa shape index (κ1) is 13.1. The fourth-order valence-electron chi connectivity index (χ4n) is 2.63. The zero-order chi connectivity index (χ0) is 13.0. The molecule has 18 heavy (non-hydrogen) atoms. The van der Waals surface area contributed by atoms with Crippen molar-refractivity contribution in [2.24, 2.45) is 0 Å². The van der Waals surface area contributed by atoms with Crippen LogP contribution >= 0.6 is 0 Å². The molecule has 1 fully saturated rings. The van der Waals surface area contributed by atoms with E-state index in [2.05, 4.69) is 36.5 Å². The summed E-state index contributed by atoms with van der Waals surface area (Å²) in [6, 6.07) is 8.97. The van der Waals surface area contributed by atoms with E-state index in [1.54, 1.807) is 6.92 Å². The Balaban J connectivity index is 1.93. The molecule has 2 rings (SSSR count). The van der Waals surface area contributed by atoms with E-state index in [0.717, 1.165) is 32.5 Å². The topological polar surface area (TPSA) is 32.3 Å². The van der Waals surface area contributed by atoms with Crippen LogP contribution in [-0.2, 0) is 11.2 Å². The maximum Gasteiger partial charge on any atom is 0.219 e. The molecule has 1 saturated heterocycles. The van der Waals surface area contributed by atoms with Gasteiger partial charge in [-0.25, -0.2) is 0 Å². The number of aryl methyl sites for hydroxylation is 2. The van der Waals surface area contributed by atoms with Crippen molar-refractivity contribution in [3.8, 4) is 0 Å². The fraction of sp³-hybridized carbons (Fsp3) is 0.533. The largest absolute Gasteiger partial charge is 0.337 e. The maximum absolute atomic E-state index is 11.6. The molecule has 1 aliphatic rings. The van der Waals surface area contributed by atoms with Gasteiger partial charge in [0.1, 0.15) is 0 Å². The average molecular weight is 246 g/mol. The van der Waals surface area contributed by atoms with Gasteiger partial charge in [-0.2, -0.15) is 0 Å². The van der Waals surface area contributed by atoms with Crippen LogP contribution in [0.4, 0.5) is 0 Å². The first-order chi connectivity index (χ1) is 8.66. The second kappa shape index (κ2) is 6.01. The minimum absolute atomic E-state index is 0.200. The number of hydrogen-bond acceptors (Lipinski definition) is 2. The van der Waals surface area contributed by atoms with Crippen molar-refractivity contribution in [2.75, 3.05) is 19.6 Å². The Morgan fingerprint density at radius 1 is 1.50 bits per heavy atom. The molecule has 0 aromatic heterocycles. The molecule has 0 spiro atoms. The van der Waals surface area contributed by atoms with Crippen LogP contribution in [-0.4, -0.2) is 36.5 Å². The van der Waals surface area contributed by atoms with Crippen molar-refractivity contribution in [2.45, 2.75) is 32.7 Å². The van der Waals surface area contributed by atoms with Gasteiger partial charge >= 0.3 is 0 Å². The number of nitrogens with zero attached hydrogens (tertiary/aromatic N) is 1. The molecule has 3 heteroatoms. The highest BCUT2D eigenvalue weighted by Gasteiger charge is 2.23. The van der Waals surface area contributed by atoms with Crippen molar-refractivity contribution in [3.05, 3.63) is 35.4 Å². The van der Waals surface area contributed by atoms with Crippen LogP contribution in [0, 0.1) is 6.92 Å². The van der Waals surface area contributed by atoms with E-state index >= 15 is 0 Å². The molecule has 0 saturated carbocycles. The molecule has 3 nitrogen and oxygen atoms in total. The maximum atomic E-state index is 11.6. The predicted octanol–water partition coefficient (Wildman–Crippen LogP) is 1.75. The van der Waals surface area contributed by atoms with E-state index in [1.807, 2.05) is 4.90 Å². The first-order valence-electron chi connectivity index (χ1n) is 6.70. The Morgan fingerprint density at radius 2 is 2.33 bits per heavy atom. The monoisotopic (exact) mass is 246 g/mol. The van der Waals surface area contributed by atoms with Crippen molar-refractivity contribution in [3.63, 3.8) is 0 Å². The molecule has 0 radical (unpaired) electrons. The standard InChI is InChI=1S/C15H22N2O/c1-12-4-3-5-14(10-12)6-7-15-11-16-8-9-17(15)13(2)18/h3-5,10,15-16H,6-9,11H2,1-2H3. The summed E-state index contributed by atoms with van der Waals surface area (Å²) in [6.45, 7) is 6.47. The summed E-state index contributed by atoms with van der Waals surface area (Å²) in [5, 5.41) is 3.37. The van der Waals surface area contributed by atoms with Crippen LogP contribution in [0.15, 0.2) is 24.3 Å². The van der Waals surface area contributed by atoms with Crippen LogP contribution in [0.5, 0.6) is 0 Å². The summed E-state index contributed by atoms with van der Waals surface area (Å²) in [6.07, 6.45) is 2.08. The van der Waals surface area contributed by atoms with Gasteiger partial charge in [-0.1, -0.05) is 29.8 Å². The SMILES string of the molecule is CC(=O)N1CCNCC1CCc1cccc(C)c1. The van der Waals surface area contributed by atoms with Crippen LogP contribution < -0.4 is 5.32 Å². The fourth-order valence-corrected chi connectivity index (χ4v) is 2.63. The van der Waals surface area contributed by atoms with Gasteiger partial charge in [0.25, 0.3) is 0 Å². The Labute approximate surface area is 109 Å². The predicted molar refractivity (Wildman–Crippen MR) is 73.5 cm³/mol. The summed E-state index contributed by atoms with van der Waals surface area (Å²) in [4.78, 5) is 13.6.